The molecule has 0 fully saturated rings. The molecule has 0 aliphatic rings. The second kappa shape index (κ2) is 6.53. The lowest BCUT2D eigenvalue weighted by Gasteiger charge is -2.10. The van der Waals surface area contributed by atoms with Gasteiger partial charge in [0.15, 0.2) is 0 Å². The highest BCUT2D eigenvalue weighted by Crippen LogP contribution is 2.12. The molecule has 0 spiro atoms. The number of anilines is 1. The van der Waals surface area contributed by atoms with Gasteiger partial charge in [-0.15, -0.1) is 0 Å². The average Bonchev–Trinajstić information content (AvgIpc) is 2.37. The number of methoxy groups -OCH3 is 1. The van der Waals surface area contributed by atoms with Crippen LogP contribution in [0.5, 0.6) is 0 Å². The SMILES string of the molecule is COC(=O)c1ccc(NC(=O)C(C)CC(=O)O)cc1. The number of carbonyl (C=O) groups is 3. The second-order valence-electron chi connectivity index (χ2n) is 4.06. The van der Waals surface area contributed by atoms with E-state index in [9.17, 15) is 14.4 Å². The molecule has 6 heteroatoms. The molecule has 0 aromatic heterocycles. The summed E-state index contributed by atoms with van der Waals surface area (Å²) >= 11 is 0. The predicted octanol–water partition coefficient (Wildman–Crippen LogP) is 1.52. The third-order valence-corrected chi connectivity index (χ3v) is 2.50. The molecule has 0 saturated heterocycles. The Labute approximate surface area is 110 Å². The Balaban J connectivity index is 2.65. The van der Waals surface area contributed by atoms with E-state index in [0.717, 1.165) is 0 Å². The van der Waals surface area contributed by atoms with Crippen LogP contribution in [0.1, 0.15) is 23.7 Å². The summed E-state index contributed by atoms with van der Waals surface area (Å²) in [5.41, 5.74) is 0.869. The minimum Gasteiger partial charge on any atom is -0.481 e. The van der Waals surface area contributed by atoms with Crippen LogP contribution in [0.4, 0.5) is 5.69 Å². The molecule has 19 heavy (non-hydrogen) atoms. The van der Waals surface area contributed by atoms with Crippen LogP contribution in [-0.4, -0.2) is 30.1 Å². The summed E-state index contributed by atoms with van der Waals surface area (Å²) < 4.78 is 4.55. The van der Waals surface area contributed by atoms with E-state index < -0.39 is 17.9 Å². The topological polar surface area (TPSA) is 92.7 Å². The number of hydrogen-bond donors (Lipinski definition) is 2. The summed E-state index contributed by atoms with van der Waals surface area (Å²) in [6.45, 7) is 1.53. The van der Waals surface area contributed by atoms with E-state index in [1.54, 1.807) is 12.1 Å². The number of carbonyl (C=O) groups excluding carboxylic acids is 2. The Hall–Kier alpha value is -2.37. The molecule has 1 aromatic rings. The van der Waals surface area contributed by atoms with Crippen LogP contribution >= 0.6 is 0 Å². The quantitative estimate of drug-likeness (QED) is 0.787. The molecule has 0 bridgehead atoms. The molecule has 2 N–H and O–H groups in total. The number of hydrogen-bond acceptors (Lipinski definition) is 4. The van der Waals surface area contributed by atoms with Crippen LogP contribution in [0.3, 0.4) is 0 Å². The van der Waals surface area contributed by atoms with Crippen molar-refractivity contribution in [1.29, 1.82) is 0 Å². The molecule has 0 aliphatic carbocycles. The Morgan fingerprint density at radius 3 is 2.32 bits per heavy atom. The first-order valence-electron chi connectivity index (χ1n) is 5.65. The van der Waals surface area contributed by atoms with Crippen LogP contribution < -0.4 is 5.32 Å². The van der Waals surface area contributed by atoms with Crippen LogP contribution in [-0.2, 0) is 14.3 Å². The van der Waals surface area contributed by atoms with Gasteiger partial charge in [-0.3, -0.25) is 9.59 Å². The van der Waals surface area contributed by atoms with Gasteiger partial charge in [0.05, 0.1) is 19.1 Å². The van der Waals surface area contributed by atoms with E-state index in [1.807, 2.05) is 0 Å². The average molecular weight is 265 g/mol. The first kappa shape index (κ1) is 14.7. The summed E-state index contributed by atoms with van der Waals surface area (Å²) in [6, 6.07) is 6.14. The Morgan fingerprint density at radius 2 is 1.84 bits per heavy atom. The molecule has 6 nitrogen and oxygen atoms in total. The smallest absolute Gasteiger partial charge is 0.337 e. The third kappa shape index (κ3) is 4.42. The zero-order valence-electron chi connectivity index (χ0n) is 10.7. The molecule has 1 atom stereocenters. The number of aliphatic carboxylic acids is 1. The van der Waals surface area contributed by atoms with E-state index >= 15 is 0 Å². The predicted molar refractivity (Wildman–Crippen MR) is 67.8 cm³/mol. The van der Waals surface area contributed by atoms with Crippen LogP contribution in [0.15, 0.2) is 24.3 Å². The van der Waals surface area contributed by atoms with Gasteiger partial charge in [0, 0.05) is 11.6 Å². The molecular weight excluding hydrogens is 250 g/mol. The van der Waals surface area contributed by atoms with Gasteiger partial charge in [0.2, 0.25) is 5.91 Å². The van der Waals surface area contributed by atoms with Gasteiger partial charge < -0.3 is 15.2 Å². The van der Waals surface area contributed by atoms with Gasteiger partial charge >= 0.3 is 11.9 Å². The molecule has 1 unspecified atom stereocenters. The summed E-state index contributed by atoms with van der Waals surface area (Å²) in [5, 5.41) is 11.2. The first-order valence-corrected chi connectivity index (χ1v) is 5.65. The van der Waals surface area contributed by atoms with E-state index in [-0.39, 0.29) is 12.3 Å². The van der Waals surface area contributed by atoms with Gasteiger partial charge in [-0.2, -0.15) is 0 Å². The Bertz CT molecular complexity index is 480. The van der Waals surface area contributed by atoms with Crippen LogP contribution in [0, 0.1) is 5.92 Å². The van der Waals surface area contributed by atoms with Gasteiger partial charge in [-0.05, 0) is 24.3 Å². The van der Waals surface area contributed by atoms with E-state index in [2.05, 4.69) is 10.1 Å². The fraction of sp³-hybridized carbons (Fsp3) is 0.308. The molecule has 1 aromatic carbocycles. The van der Waals surface area contributed by atoms with Gasteiger partial charge in [-0.25, -0.2) is 4.79 Å². The number of amides is 1. The molecule has 1 amide bonds. The van der Waals surface area contributed by atoms with E-state index in [4.69, 9.17) is 5.11 Å². The van der Waals surface area contributed by atoms with Crippen molar-refractivity contribution >= 4 is 23.5 Å². The molecule has 1 rings (SSSR count). The van der Waals surface area contributed by atoms with Crippen molar-refractivity contribution in [1.82, 2.24) is 0 Å². The summed E-state index contributed by atoms with van der Waals surface area (Å²) in [6.07, 6.45) is -0.230. The minimum absolute atomic E-state index is 0.230. The second-order valence-corrected chi connectivity index (χ2v) is 4.06. The van der Waals surface area contributed by atoms with Crippen molar-refractivity contribution in [2.45, 2.75) is 13.3 Å². The largest absolute Gasteiger partial charge is 0.481 e. The fourth-order valence-corrected chi connectivity index (χ4v) is 1.43. The summed E-state index contributed by atoms with van der Waals surface area (Å²) in [7, 11) is 1.28. The van der Waals surface area contributed by atoms with Crippen molar-refractivity contribution in [2.75, 3.05) is 12.4 Å². The molecule has 102 valence electrons. The molecule has 0 radical (unpaired) electrons. The minimum atomic E-state index is -1.02. The molecule has 0 heterocycles. The molecule has 0 saturated carbocycles. The maximum absolute atomic E-state index is 11.7. The number of benzene rings is 1. The van der Waals surface area contributed by atoms with E-state index in [0.29, 0.717) is 11.3 Å². The van der Waals surface area contributed by atoms with E-state index in [1.165, 1.54) is 26.2 Å². The van der Waals surface area contributed by atoms with Crippen molar-refractivity contribution in [3.63, 3.8) is 0 Å². The first-order chi connectivity index (χ1) is 8.93. The van der Waals surface area contributed by atoms with Crippen LogP contribution in [0.2, 0.25) is 0 Å². The van der Waals surface area contributed by atoms with Crippen LogP contribution in [0.25, 0.3) is 0 Å². The summed E-state index contributed by atoms with van der Waals surface area (Å²) in [5.74, 6) is -2.49. The van der Waals surface area contributed by atoms with Crippen molar-refractivity contribution in [3.8, 4) is 0 Å². The van der Waals surface area contributed by atoms with Crippen molar-refractivity contribution < 1.29 is 24.2 Å². The maximum atomic E-state index is 11.7. The lowest BCUT2D eigenvalue weighted by atomic mass is 10.1. The number of esters is 1. The Kier molecular flexibility index (Phi) is 5.05. The highest BCUT2D eigenvalue weighted by atomic mass is 16.5. The highest BCUT2D eigenvalue weighted by Gasteiger charge is 2.16. The lowest BCUT2D eigenvalue weighted by Crippen LogP contribution is -2.22. The summed E-state index contributed by atoms with van der Waals surface area (Å²) in [4.78, 5) is 33.3. The highest BCUT2D eigenvalue weighted by molar-refractivity contribution is 5.95. The third-order valence-electron chi connectivity index (χ3n) is 2.50. The van der Waals surface area contributed by atoms with Gasteiger partial charge in [0.1, 0.15) is 0 Å². The maximum Gasteiger partial charge on any atom is 0.337 e. The number of carboxylic acid groups (broad SMARTS) is 1. The number of ether oxygens (including phenoxy) is 1. The fourth-order valence-electron chi connectivity index (χ4n) is 1.43. The number of nitrogens with one attached hydrogen (secondary N) is 1. The van der Waals surface area contributed by atoms with Crippen molar-refractivity contribution in [2.24, 2.45) is 5.92 Å². The zero-order valence-corrected chi connectivity index (χ0v) is 10.7. The van der Waals surface area contributed by atoms with Gasteiger partial charge in [-0.1, -0.05) is 6.92 Å². The molecule has 0 aliphatic heterocycles. The standard InChI is InChI=1S/C13H15NO5/c1-8(7-11(15)16)12(17)14-10-5-3-9(4-6-10)13(18)19-2/h3-6,8H,7H2,1-2H3,(H,14,17)(H,15,16). The number of carboxylic acids is 1. The Morgan fingerprint density at radius 1 is 1.26 bits per heavy atom. The van der Waals surface area contributed by atoms with Gasteiger partial charge in [0.25, 0.3) is 0 Å². The monoisotopic (exact) mass is 265 g/mol. The zero-order chi connectivity index (χ0) is 14.4. The lowest BCUT2D eigenvalue weighted by molar-refractivity contribution is -0.139. The van der Waals surface area contributed by atoms with Crippen molar-refractivity contribution in [3.05, 3.63) is 29.8 Å². The normalized spacial score (nSPS) is 11.5. The molecular formula is C13H15NO5. The number of rotatable bonds is 5.